The molecule has 1 aromatic heterocycles. The normalized spacial score (nSPS) is 36.8. The van der Waals surface area contributed by atoms with Crippen LogP contribution in [0.15, 0.2) is 24.4 Å². The summed E-state index contributed by atoms with van der Waals surface area (Å²) in [5, 5.41) is 3.57. The molecule has 1 saturated heterocycles. The molecule has 1 aromatic rings. The fourth-order valence-electron chi connectivity index (χ4n) is 2.60. The van der Waals surface area contributed by atoms with E-state index >= 15 is 0 Å². The van der Waals surface area contributed by atoms with Gasteiger partial charge in [-0.3, -0.25) is 4.98 Å². The summed E-state index contributed by atoms with van der Waals surface area (Å²) < 4.78 is 0. The Labute approximate surface area is 78.4 Å². The standard InChI is InChI=1S/C11H14N2/c1-2-6-12-10(3-1)11-9-5-4-8(9)7-13-11/h1-3,6,8-9,11,13H,4-5,7H2/t8-,9-,11+/m1/s1. The Kier molecular flexibility index (Phi) is 1.62. The summed E-state index contributed by atoms with van der Waals surface area (Å²) in [7, 11) is 0. The highest BCUT2D eigenvalue weighted by atomic mass is 15.0. The molecule has 2 heterocycles. The molecule has 0 amide bonds. The molecule has 0 radical (unpaired) electrons. The number of aromatic nitrogens is 1. The fourth-order valence-corrected chi connectivity index (χ4v) is 2.60. The van der Waals surface area contributed by atoms with Crippen molar-refractivity contribution in [3.05, 3.63) is 30.1 Å². The van der Waals surface area contributed by atoms with Crippen molar-refractivity contribution in [2.75, 3.05) is 6.54 Å². The van der Waals surface area contributed by atoms with Crippen molar-refractivity contribution in [1.82, 2.24) is 10.3 Å². The van der Waals surface area contributed by atoms with Crippen molar-refractivity contribution in [2.24, 2.45) is 11.8 Å². The van der Waals surface area contributed by atoms with Crippen molar-refractivity contribution in [3.63, 3.8) is 0 Å². The Morgan fingerprint density at radius 2 is 2.31 bits per heavy atom. The quantitative estimate of drug-likeness (QED) is 0.701. The highest BCUT2D eigenvalue weighted by molar-refractivity contribution is 5.14. The van der Waals surface area contributed by atoms with Crippen LogP contribution in [0.1, 0.15) is 24.6 Å². The van der Waals surface area contributed by atoms with Crippen LogP contribution in [0.2, 0.25) is 0 Å². The van der Waals surface area contributed by atoms with E-state index in [-0.39, 0.29) is 0 Å². The lowest BCUT2D eigenvalue weighted by Gasteiger charge is -2.32. The van der Waals surface area contributed by atoms with Crippen LogP contribution in [-0.2, 0) is 0 Å². The molecule has 13 heavy (non-hydrogen) atoms. The van der Waals surface area contributed by atoms with Crippen LogP contribution in [-0.4, -0.2) is 11.5 Å². The van der Waals surface area contributed by atoms with E-state index in [1.54, 1.807) is 0 Å². The molecular formula is C11H14N2. The molecule has 2 fully saturated rings. The first-order chi connectivity index (χ1) is 6.45. The van der Waals surface area contributed by atoms with Gasteiger partial charge in [-0.2, -0.15) is 0 Å². The molecule has 0 aromatic carbocycles. The number of nitrogens with zero attached hydrogens (tertiary/aromatic N) is 1. The lowest BCUT2D eigenvalue weighted by atomic mass is 9.72. The van der Waals surface area contributed by atoms with Crippen LogP contribution < -0.4 is 5.32 Å². The van der Waals surface area contributed by atoms with Gasteiger partial charge in [-0.1, -0.05) is 6.07 Å². The third-order valence-corrected chi connectivity index (χ3v) is 3.51. The van der Waals surface area contributed by atoms with Gasteiger partial charge in [0.05, 0.1) is 11.7 Å². The zero-order valence-electron chi connectivity index (χ0n) is 7.61. The Morgan fingerprint density at radius 3 is 2.92 bits per heavy atom. The molecule has 0 unspecified atom stereocenters. The monoisotopic (exact) mass is 174 g/mol. The van der Waals surface area contributed by atoms with Crippen LogP contribution in [0.25, 0.3) is 0 Å². The Hall–Kier alpha value is -0.890. The number of nitrogens with one attached hydrogen (secondary N) is 1. The highest BCUT2D eigenvalue weighted by Gasteiger charge is 2.42. The molecule has 2 nitrogen and oxygen atoms in total. The second kappa shape index (κ2) is 2.81. The largest absolute Gasteiger partial charge is 0.308 e. The molecule has 0 spiro atoms. The molecule has 3 rings (SSSR count). The van der Waals surface area contributed by atoms with Gasteiger partial charge in [-0.25, -0.2) is 0 Å². The van der Waals surface area contributed by atoms with Gasteiger partial charge in [0.1, 0.15) is 0 Å². The summed E-state index contributed by atoms with van der Waals surface area (Å²) in [5.74, 6) is 1.81. The van der Waals surface area contributed by atoms with E-state index in [9.17, 15) is 0 Å². The molecule has 1 N–H and O–H groups in total. The van der Waals surface area contributed by atoms with Gasteiger partial charge in [0.15, 0.2) is 0 Å². The highest BCUT2D eigenvalue weighted by Crippen LogP contribution is 2.46. The van der Waals surface area contributed by atoms with Crippen LogP contribution in [0.3, 0.4) is 0 Å². The molecule has 68 valence electrons. The zero-order chi connectivity index (χ0) is 8.67. The van der Waals surface area contributed by atoms with Crippen LogP contribution in [0, 0.1) is 11.8 Å². The van der Waals surface area contributed by atoms with E-state index in [2.05, 4.69) is 22.4 Å². The molecule has 1 aliphatic carbocycles. The van der Waals surface area contributed by atoms with E-state index in [1.807, 2.05) is 12.3 Å². The smallest absolute Gasteiger partial charge is 0.0576 e. The first-order valence-corrected chi connectivity index (χ1v) is 5.09. The summed E-state index contributed by atoms with van der Waals surface area (Å²) in [6, 6.07) is 6.74. The predicted octanol–water partition coefficient (Wildman–Crippen LogP) is 1.75. The van der Waals surface area contributed by atoms with E-state index < -0.39 is 0 Å². The molecule has 1 aliphatic heterocycles. The molecule has 1 saturated carbocycles. The number of fused-ring (bicyclic) bond motifs is 1. The predicted molar refractivity (Wildman–Crippen MR) is 51.2 cm³/mol. The first-order valence-electron chi connectivity index (χ1n) is 5.09. The van der Waals surface area contributed by atoms with Crippen molar-refractivity contribution in [1.29, 1.82) is 0 Å². The van der Waals surface area contributed by atoms with Gasteiger partial charge in [-0.05, 0) is 43.4 Å². The van der Waals surface area contributed by atoms with Crippen LogP contribution in [0.5, 0.6) is 0 Å². The average molecular weight is 174 g/mol. The lowest BCUT2D eigenvalue weighted by molar-refractivity contribution is 0.208. The Morgan fingerprint density at radius 1 is 1.31 bits per heavy atom. The van der Waals surface area contributed by atoms with E-state index in [4.69, 9.17) is 0 Å². The second-order valence-electron chi connectivity index (χ2n) is 4.14. The van der Waals surface area contributed by atoms with Crippen molar-refractivity contribution in [3.8, 4) is 0 Å². The number of rotatable bonds is 1. The van der Waals surface area contributed by atoms with E-state index in [1.165, 1.54) is 25.1 Å². The van der Waals surface area contributed by atoms with Crippen molar-refractivity contribution in [2.45, 2.75) is 18.9 Å². The Balaban J connectivity index is 1.86. The maximum absolute atomic E-state index is 4.42. The first kappa shape index (κ1) is 7.51. The van der Waals surface area contributed by atoms with Crippen LogP contribution >= 0.6 is 0 Å². The third-order valence-electron chi connectivity index (χ3n) is 3.51. The van der Waals surface area contributed by atoms with Crippen LogP contribution in [0.4, 0.5) is 0 Å². The molecule has 2 heteroatoms. The minimum atomic E-state index is 0.542. The van der Waals surface area contributed by atoms with Crippen molar-refractivity contribution < 1.29 is 0 Å². The third kappa shape index (κ3) is 1.09. The average Bonchev–Trinajstić information content (AvgIpc) is 2.43. The van der Waals surface area contributed by atoms with Gasteiger partial charge in [-0.15, -0.1) is 0 Å². The summed E-state index contributed by atoms with van der Waals surface area (Å²) in [6.07, 6.45) is 4.70. The molecule has 2 aliphatic rings. The van der Waals surface area contributed by atoms with Crippen molar-refractivity contribution >= 4 is 0 Å². The van der Waals surface area contributed by atoms with Gasteiger partial charge in [0.2, 0.25) is 0 Å². The topological polar surface area (TPSA) is 24.9 Å². The van der Waals surface area contributed by atoms with Gasteiger partial charge in [0.25, 0.3) is 0 Å². The summed E-state index contributed by atoms with van der Waals surface area (Å²) >= 11 is 0. The minimum Gasteiger partial charge on any atom is -0.308 e. The number of pyridine rings is 1. The van der Waals surface area contributed by atoms with E-state index in [0.29, 0.717) is 6.04 Å². The maximum atomic E-state index is 4.42. The lowest BCUT2D eigenvalue weighted by Crippen LogP contribution is -2.26. The van der Waals surface area contributed by atoms with E-state index in [0.717, 1.165) is 11.8 Å². The number of hydrogen-bond donors (Lipinski definition) is 1. The molecule has 3 atom stereocenters. The molecular weight excluding hydrogens is 160 g/mol. The Bertz CT molecular complexity index is 296. The number of hydrogen-bond acceptors (Lipinski definition) is 2. The fraction of sp³-hybridized carbons (Fsp3) is 0.545. The second-order valence-corrected chi connectivity index (χ2v) is 4.14. The summed E-state index contributed by atoms with van der Waals surface area (Å²) in [5.41, 5.74) is 1.23. The maximum Gasteiger partial charge on any atom is 0.0576 e. The van der Waals surface area contributed by atoms with Gasteiger partial charge in [0, 0.05) is 6.20 Å². The zero-order valence-corrected chi connectivity index (χ0v) is 7.61. The summed E-state index contributed by atoms with van der Waals surface area (Å²) in [6.45, 7) is 1.20. The molecule has 0 bridgehead atoms. The minimum absolute atomic E-state index is 0.542. The van der Waals surface area contributed by atoms with Gasteiger partial charge < -0.3 is 5.32 Å². The SMILES string of the molecule is c1ccc([C@H]2NC[C@H]3CC[C@H]32)nc1. The summed E-state index contributed by atoms with van der Waals surface area (Å²) in [4.78, 5) is 4.42. The van der Waals surface area contributed by atoms with Gasteiger partial charge >= 0.3 is 0 Å².